The summed E-state index contributed by atoms with van der Waals surface area (Å²) in [5.41, 5.74) is 8.35. The molecule has 0 radical (unpaired) electrons. The van der Waals surface area contributed by atoms with E-state index in [2.05, 4.69) is 15.1 Å². The molecule has 0 saturated carbocycles. The molecule has 0 aliphatic heterocycles. The standard InChI is InChI=1S/C9H12N4OS/c1-5(2)7(10)9-12-8(13-14-9)6-3-15-4-11-6/h3-5,7H,10H2,1-2H3. The predicted octanol–water partition coefficient (Wildman–Crippen LogP) is 1.85. The third kappa shape index (κ3) is 2.05. The van der Waals surface area contributed by atoms with Gasteiger partial charge in [-0.3, -0.25) is 0 Å². The molecule has 0 aliphatic rings. The summed E-state index contributed by atoms with van der Waals surface area (Å²) in [7, 11) is 0. The number of rotatable bonds is 3. The monoisotopic (exact) mass is 224 g/mol. The van der Waals surface area contributed by atoms with Crippen molar-refractivity contribution in [3.63, 3.8) is 0 Å². The minimum atomic E-state index is -0.218. The summed E-state index contributed by atoms with van der Waals surface area (Å²) in [5, 5.41) is 5.71. The highest BCUT2D eigenvalue weighted by atomic mass is 32.1. The van der Waals surface area contributed by atoms with Crippen LogP contribution in [0, 0.1) is 5.92 Å². The van der Waals surface area contributed by atoms with Crippen LogP contribution in [0.2, 0.25) is 0 Å². The Labute approximate surface area is 91.3 Å². The van der Waals surface area contributed by atoms with E-state index in [9.17, 15) is 0 Å². The molecule has 0 aromatic carbocycles. The second-order valence-corrected chi connectivity index (χ2v) is 4.32. The van der Waals surface area contributed by atoms with E-state index in [1.54, 1.807) is 5.51 Å². The summed E-state index contributed by atoms with van der Waals surface area (Å²) in [6.45, 7) is 4.02. The fourth-order valence-electron chi connectivity index (χ4n) is 1.08. The van der Waals surface area contributed by atoms with Gasteiger partial charge in [-0.2, -0.15) is 4.98 Å². The Hall–Kier alpha value is -1.27. The highest BCUT2D eigenvalue weighted by Gasteiger charge is 2.19. The van der Waals surface area contributed by atoms with Crippen LogP contribution in [0.25, 0.3) is 11.5 Å². The van der Waals surface area contributed by atoms with Crippen LogP contribution in [-0.2, 0) is 0 Å². The summed E-state index contributed by atoms with van der Waals surface area (Å²) in [4.78, 5) is 8.31. The molecule has 2 aromatic rings. The van der Waals surface area contributed by atoms with Gasteiger partial charge < -0.3 is 10.3 Å². The molecule has 15 heavy (non-hydrogen) atoms. The molecule has 1 unspecified atom stereocenters. The topological polar surface area (TPSA) is 77.8 Å². The minimum absolute atomic E-state index is 0.218. The van der Waals surface area contributed by atoms with Gasteiger partial charge in [0, 0.05) is 5.38 Å². The van der Waals surface area contributed by atoms with E-state index in [0.717, 1.165) is 5.69 Å². The molecule has 2 heterocycles. The third-order valence-electron chi connectivity index (χ3n) is 2.11. The van der Waals surface area contributed by atoms with Gasteiger partial charge in [-0.05, 0) is 5.92 Å². The number of nitrogens with zero attached hydrogens (tertiary/aromatic N) is 3. The first kappa shape index (κ1) is 10.3. The zero-order chi connectivity index (χ0) is 10.8. The van der Waals surface area contributed by atoms with E-state index < -0.39 is 0 Å². The van der Waals surface area contributed by atoms with Crippen molar-refractivity contribution in [2.75, 3.05) is 0 Å². The van der Waals surface area contributed by atoms with Gasteiger partial charge in [-0.25, -0.2) is 4.98 Å². The molecule has 0 bridgehead atoms. The quantitative estimate of drug-likeness (QED) is 0.860. The largest absolute Gasteiger partial charge is 0.337 e. The number of thiazole rings is 1. The zero-order valence-corrected chi connectivity index (χ0v) is 9.36. The van der Waals surface area contributed by atoms with Crippen LogP contribution in [0.5, 0.6) is 0 Å². The van der Waals surface area contributed by atoms with E-state index in [4.69, 9.17) is 10.3 Å². The summed E-state index contributed by atoms with van der Waals surface area (Å²) < 4.78 is 5.09. The van der Waals surface area contributed by atoms with E-state index in [0.29, 0.717) is 11.7 Å². The lowest BCUT2D eigenvalue weighted by Crippen LogP contribution is -2.16. The van der Waals surface area contributed by atoms with Crippen LogP contribution in [0.1, 0.15) is 25.8 Å². The first-order valence-corrected chi connectivity index (χ1v) is 5.60. The molecule has 2 aromatic heterocycles. The van der Waals surface area contributed by atoms with Crippen LogP contribution in [-0.4, -0.2) is 15.1 Å². The van der Waals surface area contributed by atoms with Crippen LogP contribution in [0.15, 0.2) is 15.4 Å². The molecule has 0 amide bonds. The highest BCUT2D eigenvalue weighted by molar-refractivity contribution is 7.07. The first-order chi connectivity index (χ1) is 7.18. The molecule has 0 saturated heterocycles. The highest BCUT2D eigenvalue weighted by Crippen LogP contribution is 2.21. The maximum absolute atomic E-state index is 5.89. The SMILES string of the molecule is CC(C)C(N)c1nc(-c2cscn2)no1. The smallest absolute Gasteiger partial charge is 0.244 e. The average Bonchev–Trinajstić information content (AvgIpc) is 2.86. The normalized spacial score (nSPS) is 13.3. The lowest BCUT2D eigenvalue weighted by atomic mass is 10.1. The third-order valence-corrected chi connectivity index (χ3v) is 2.69. The van der Waals surface area contributed by atoms with Gasteiger partial charge >= 0.3 is 0 Å². The fourth-order valence-corrected chi connectivity index (χ4v) is 1.61. The molecule has 2 N–H and O–H groups in total. The van der Waals surface area contributed by atoms with E-state index in [-0.39, 0.29) is 12.0 Å². The number of hydrogen-bond donors (Lipinski definition) is 1. The Morgan fingerprint density at radius 3 is 2.87 bits per heavy atom. The van der Waals surface area contributed by atoms with Crippen molar-refractivity contribution in [2.45, 2.75) is 19.9 Å². The van der Waals surface area contributed by atoms with Gasteiger partial charge in [0.2, 0.25) is 11.7 Å². The van der Waals surface area contributed by atoms with Crippen molar-refractivity contribution >= 4 is 11.3 Å². The van der Waals surface area contributed by atoms with Gasteiger partial charge in [0.15, 0.2) is 0 Å². The van der Waals surface area contributed by atoms with Gasteiger partial charge in [0.25, 0.3) is 0 Å². The van der Waals surface area contributed by atoms with Gasteiger partial charge in [0.1, 0.15) is 5.69 Å². The minimum Gasteiger partial charge on any atom is -0.337 e. The molecule has 2 rings (SSSR count). The molecule has 0 fully saturated rings. The fraction of sp³-hybridized carbons (Fsp3) is 0.444. The van der Waals surface area contributed by atoms with E-state index in [1.165, 1.54) is 11.3 Å². The van der Waals surface area contributed by atoms with Gasteiger partial charge in [0.05, 0.1) is 11.6 Å². The Morgan fingerprint density at radius 1 is 1.47 bits per heavy atom. The van der Waals surface area contributed by atoms with Crippen LogP contribution in [0.3, 0.4) is 0 Å². The summed E-state index contributed by atoms with van der Waals surface area (Å²) >= 11 is 1.49. The van der Waals surface area contributed by atoms with Crippen molar-refractivity contribution in [3.05, 3.63) is 16.8 Å². The molecule has 0 spiro atoms. The molecule has 6 heteroatoms. The van der Waals surface area contributed by atoms with Crippen molar-refractivity contribution in [2.24, 2.45) is 11.7 Å². The number of aromatic nitrogens is 3. The van der Waals surface area contributed by atoms with E-state index >= 15 is 0 Å². The van der Waals surface area contributed by atoms with Gasteiger partial charge in [-0.15, -0.1) is 11.3 Å². The Balaban J connectivity index is 2.25. The van der Waals surface area contributed by atoms with Crippen LogP contribution >= 0.6 is 11.3 Å². The van der Waals surface area contributed by atoms with E-state index in [1.807, 2.05) is 19.2 Å². The maximum Gasteiger partial charge on any atom is 0.244 e. The number of nitrogens with two attached hydrogens (primary N) is 1. The Morgan fingerprint density at radius 2 is 2.27 bits per heavy atom. The van der Waals surface area contributed by atoms with Crippen molar-refractivity contribution in [1.82, 2.24) is 15.1 Å². The number of hydrogen-bond acceptors (Lipinski definition) is 6. The maximum atomic E-state index is 5.89. The average molecular weight is 224 g/mol. The molecule has 1 atom stereocenters. The molecular weight excluding hydrogens is 212 g/mol. The summed E-state index contributed by atoms with van der Waals surface area (Å²) in [6, 6.07) is -0.218. The zero-order valence-electron chi connectivity index (χ0n) is 8.54. The van der Waals surface area contributed by atoms with Crippen LogP contribution < -0.4 is 5.73 Å². The lowest BCUT2D eigenvalue weighted by Gasteiger charge is -2.08. The Kier molecular flexibility index (Phi) is 2.79. The summed E-state index contributed by atoms with van der Waals surface area (Å²) in [5.74, 6) is 1.24. The molecule has 0 aliphatic carbocycles. The first-order valence-electron chi connectivity index (χ1n) is 4.66. The molecule has 80 valence electrons. The Bertz CT molecular complexity index is 423. The summed E-state index contributed by atoms with van der Waals surface area (Å²) in [6.07, 6.45) is 0. The van der Waals surface area contributed by atoms with Crippen molar-refractivity contribution < 1.29 is 4.52 Å². The second-order valence-electron chi connectivity index (χ2n) is 3.60. The molecule has 5 nitrogen and oxygen atoms in total. The van der Waals surface area contributed by atoms with Crippen molar-refractivity contribution in [1.29, 1.82) is 0 Å². The van der Waals surface area contributed by atoms with Crippen molar-refractivity contribution in [3.8, 4) is 11.5 Å². The molecular formula is C9H12N4OS. The van der Waals surface area contributed by atoms with Crippen LogP contribution in [0.4, 0.5) is 0 Å². The van der Waals surface area contributed by atoms with Gasteiger partial charge in [-0.1, -0.05) is 19.0 Å². The predicted molar refractivity (Wildman–Crippen MR) is 57.2 cm³/mol. The lowest BCUT2D eigenvalue weighted by molar-refractivity contribution is 0.325. The second kappa shape index (κ2) is 4.08.